The fourth-order valence-corrected chi connectivity index (χ4v) is 3.28. The van der Waals surface area contributed by atoms with Gasteiger partial charge in [0.15, 0.2) is 0 Å². The average Bonchev–Trinajstić information content (AvgIpc) is 3.33. The van der Waals surface area contributed by atoms with Crippen LogP contribution >= 0.6 is 0 Å². The van der Waals surface area contributed by atoms with Crippen LogP contribution in [0.5, 0.6) is 0 Å². The molecule has 0 aliphatic carbocycles. The Morgan fingerprint density at radius 2 is 1.74 bits per heavy atom. The number of hydrogen-bond acceptors (Lipinski definition) is 2. The fraction of sp³-hybridized carbons (Fsp3) is 0.286. The third-order valence-corrected chi connectivity index (χ3v) is 4.68. The summed E-state index contributed by atoms with van der Waals surface area (Å²) in [5.74, 6) is 0. The Balaban J connectivity index is 1.26. The Labute approximate surface area is 137 Å². The molecule has 2 aromatic carbocycles. The minimum absolute atomic E-state index is 0.774. The normalized spacial score (nSPS) is 19.8. The topological polar surface area (TPSA) is 15.9 Å². The maximum absolute atomic E-state index is 4.77. The van der Waals surface area contributed by atoms with Gasteiger partial charge in [0.25, 0.3) is 0 Å². The van der Waals surface area contributed by atoms with Gasteiger partial charge < -0.3 is 0 Å². The zero-order valence-electron chi connectivity index (χ0n) is 13.4. The number of para-hydroxylation sites is 1. The molecule has 1 aromatic heterocycles. The molecule has 0 bridgehead atoms. The summed E-state index contributed by atoms with van der Waals surface area (Å²) in [7, 11) is 0. The lowest BCUT2D eigenvalue weighted by molar-refractivity contribution is 0.480. The molecule has 23 heavy (non-hydrogen) atoms. The summed E-state index contributed by atoms with van der Waals surface area (Å²) in [6.45, 7) is 2.35. The number of aryl methyl sites for hydroxylation is 1. The molecule has 2 nitrogen and oxygen atoms in total. The maximum Gasteiger partial charge on any atom is 0.0705 e. The monoisotopic (exact) mass is 302 g/mol. The number of rotatable bonds is 6. The molecule has 2 heteroatoms. The lowest BCUT2D eigenvalue weighted by Gasteiger charge is -2.05. The molecule has 0 saturated carbocycles. The van der Waals surface area contributed by atoms with Gasteiger partial charge in [-0.3, -0.25) is 9.88 Å². The van der Waals surface area contributed by atoms with E-state index in [1.807, 2.05) is 0 Å². The van der Waals surface area contributed by atoms with Crippen molar-refractivity contribution in [2.75, 3.05) is 6.54 Å². The Bertz CT molecular complexity index is 782. The van der Waals surface area contributed by atoms with Crippen LogP contribution in [0.25, 0.3) is 10.9 Å². The number of fused-ring (bicyclic) bond motifs is 1. The number of benzene rings is 2. The van der Waals surface area contributed by atoms with E-state index in [-0.39, 0.29) is 0 Å². The van der Waals surface area contributed by atoms with Gasteiger partial charge in [0.1, 0.15) is 0 Å². The summed E-state index contributed by atoms with van der Waals surface area (Å²) >= 11 is 0. The molecule has 1 aliphatic rings. The van der Waals surface area contributed by atoms with Crippen molar-refractivity contribution in [2.24, 2.45) is 0 Å². The Morgan fingerprint density at radius 3 is 2.65 bits per heavy atom. The Hall–Kier alpha value is -2.19. The molecule has 1 unspecified atom stereocenters. The smallest absolute Gasteiger partial charge is 0.0705 e. The van der Waals surface area contributed by atoms with Crippen molar-refractivity contribution in [3.05, 3.63) is 78.0 Å². The summed E-state index contributed by atoms with van der Waals surface area (Å²) in [6, 6.07) is 24.3. The van der Waals surface area contributed by atoms with Crippen molar-refractivity contribution in [2.45, 2.75) is 31.8 Å². The van der Waals surface area contributed by atoms with Gasteiger partial charge in [0.05, 0.1) is 5.52 Å². The van der Waals surface area contributed by atoms with Gasteiger partial charge in [-0.25, -0.2) is 0 Å². The van der Waals surface area contributed by atoms with Crippen LogP contribution in [0.4, 0.5) is 0 Å². The maximum atomic E-state index is 4.77. The van der Waals surface area contributed by atoms with E-state index in [1.54, 1.807) is 0 Å². The lowest BCUT2D eigenvalue weighted by Crippen LogP contribution is -2.02. The van der Waals surface area contributed by atoms with Crippen LogP contribution in [0.15, 0.2) is 66.7 Å². The zero-order valence-corrected chi connectivity index (χ0v) is 13.4. The van der Waals surface area contributed by atoms with E-state index in [9.17, 15) is 0 Å². The second-order valence-electron chi connectivity index (χ2n) is 6.46. The first-order valence-electron chi connectivity index (χ1n) is 8.51. The molecule has 1 fully saturated rings. The molecule has 4 rings (SSSR count). The van der Waals surface area contributed by atoms with Gasteiger partial charge in [-0.1, -0.05) is 54.6 Å². The summed E-state index contributed by atoms with van der Waals surface area (Å²) in [6.07, 6.45) is 3.59. The molecular weight excluding hydrogens is 280 g/mol. The number of pyridine rings is 1. The van der Waals surface area contributed by atoms with Gasteiger partial charge in [-0.15, -0.1) is 0 Å². The van der Waals surface area contributed by atoms with Gasteiger partial charge in [0, 0.05) is 30.2 Å². The van der Waals surface area contributed by atoms with E-state index in [0.29, 0.717) is 0 Å². The van der Waals surface area contributed by atoms with E-state index in [0.717, 1.165) is 24.5 Å². The van der Waals surface area contributed by atoms with Crippen molar-refractivity contribution in [1.82, 2.24) is 9.88 Å². The predicted octanol–water partition coefficient (Wildman–Crippen LogP) is 4.44. The second-order valence-corrected chi connectivity index (χ2v) is 6.46. The molecule has 0 radical (unpaired) electrons. The third-order valence-electron chi connectivity index (χ3n) is 4.68. The van der Waals surface area contributed by atoms with Gasteiger partial charge in [-0.05, 0) is 37.0 Å². The first kappa shape index (κ1) is 14.4. The highest BCUT2D eigenvalue weighted by Gasteiger charge is 2.32. The van der Waals surface area contributed by atoms with E-state index in [2.05, 4.69) is 71.6 Å². The number of hydrogen-bond donors (Lipinski definition) is 0. The van der Waals surface area contributed by atoms with Crippen LogP contribution in [-0.2, 0) is 13.0 Å². The Kier molecular flexibility index (Phi) is 4.08. The van der Waals surface area contributed by atoms with Gasteiger partial charge >= 0.3 is 0 Å². The highest BCUT2D eigenvalue weighted by atomic mass is 15.3. The predicted molar refractivity (Wildman–Crippen MR) is 95.3 cm³/mol. The van der Waals surface area contributed by atoms with Crippen molar-refractivity contribution in [1.29, 1.82) is 0 Å². The third kappa shape index (κ3) is 3.59. The molecule has 1 saturated heterocycles. The van der Waals surface area contributed by atoms with E-state index in [1.165, 1.54) is 36.0 Å². The second kappa shape index (κ2) is 6.51. The highest BCUT2D eigenvalue weighted by molar-refractivity contribution is 5.78. The standard InChI is InChI=1S/C21H22N2/c1-2-7-17(8-3-1)15-23-16-20(23)11-6-10-19-14-13-18-9-4-5-12-21(18)22-19/h1-5,7-9,12-14,20H,6,10-11,15-16H2/t20-,23?/m1/s1. The summed E-state index contributed by atoms with van der Waals surface area (Å²) in [5, 5.41) is 1.23. The van der Waals surface area contributed by atoms with E-state index in [4.69, 9.17) is 4.98 Å². The molecule has 0 amide bonds. The Morgan fingerprint density at radius 1 is 0.913 bits per heavy atom. The van der Waals surface area contributed by atoms with Gasteiger partial charge in [0.2, 0.25) is 0 Å². The number of nitrogens with zero attached hydrogens (tertiary/aromatic N) is 2. The van der Waals surface area contributed by atoms with Crippen molar-refractivity contribution in [3.63, 3.8) is 0 Å². The van der Waals surface area contributed by atoms with Crippen LogP contribution in [0.1, 0.15) is 24.1 Å². The van der Waals surface area contributed by atoms with E-state index >= 15 is 0 Å². The molecule has 116 valence electrons. The largest absolute Gasteiger partial charge is 0.293 e. The quantitative estimate of drug-likeness (QED) is 0.626. The molecule has 3 aromatic rings. The molecule has 0 spiro atoms. The van der Waals surface area contributed by atoms with Crippen LogP contribution in [-0.4, -0.2) is 22.5 Å². The van der Waals surface area contributed by atoms with Gasteiger partial charge in [-0.2, -0.15) is 0 Å². The molecule has 2 heterocycles. The fourth-order valence-electron chi connectivity index (χ4n) is 3.28. The van der Waals surface area contributed by atoms with E-state index < -0.39 is 0 Å². The highest BCUT2D eigenvalue weighted by Crippen LogP contribution is 2.25. The lowest BCUT2D eigenvalue weighted by atomic mass is 10.1. The minimum Gasteiger partial charge on any atom is -0.293 e. The first-order valence-corrected chi connectivity index (χ1v) is 8.51. The summed E-state index contributed by atoms with van der Waals surface area (Å²) < 4.78 is 0. The minimum atomic E-state index is 0.774. The van der Waals surface area contributed by atoms with Crippen LogP contribution < -0.4 is 0 Å². The van der Waals surface area contributed by atoms with Crippen LogP contribution in [0.2, 0.25) is 0 Å². The van der Waals surface area contributed by atoms with Crippen molar-refractivity contribution >= 4 is 10.9 Å². The SMILES string of the molecule is c1ccc(CN2C[C@H]2CCCc2ccc3ccccc3n2)cc1. The van der Waals surface area contributed by atoms with Crippen LogP contribution in [0, 0.1) is 0 Å². The number of aromatic nitrogens is 1. The zero-order chi connectivity index (χ0) is 15.5. The summed E-state index contributed by atoms with van der Waals surface area (Å²) in [4.78, 5) is 7.32. The van der Waals surface area contributed by atoms with Crippen LogP contribution in [0.3, 0.4) is 0 Å². The van der Waals surface area contributed by atoms with Crippen molar-refractivity contribution in [3.8, 4) is 0 Å². The van der Waals surface area contributed by atoms with Crippen molar-refractivity contribution < 1.29 is 0 Å². The first-order chi connectivity index (χ1) is 11.4. The molecule has 0 N–H and O–H groups in total. The summed E-state index contributed by atoms with van der Waals surface area (Å²) in [5.41, 5.74) is 3.76. The molecule has 2 atom stereocenters. The molecule has 1 aliphatic heterocycles. The molecular formula is C21H22N2. The average molecular weight is 302 g/mol.